The van der Waals surface area contributed by atoms with Gasteiger partial charge < -0.3 is 14.4 Å². The monoisotopic (exact) mass is 263 g/mol. The van der Waals surface area contributed by atoms with E-state index in [0.29, 0.717) is 13.0 Å². The number of piperidine rings is 1. The van der Waals surface area contributed by atoms with Gasteiger partial charge in [0.05, 0.1) is 6.54 Å². The van der Waals surface area contributed by atoms with E-state index in [-0.39, 0.29) is 18.9 Å². The molecule has 0 bridgehead atoms. The van der Waals surface area contributed by atoms with Gasteiger partial charge in [0.25, 0.3) is 0 Å². The van der Waals surface area contributed by atoms with E-state index < -0.39 is 12.2 Å². The number of ether oxygens (including phenoxy) is 2. The Morgan fingerprint density at radius 1 is 1.37 bits per heavy atom. The first-order chi connectivity index (χ1) is 9.20. The number of likely N-dealkylation sites (tertiary alicyclic amines) is 1. The Morgan fingerprint density at radius 2 is 2.11 bits per heavy atom. The number of Topliss-reactive ketones (excluding diaryl/α,β-unsaturated/α-hetero) is 1. The summed E-state index contributed by atoms with van der Waals surface area (Å²) in [6, 6.07) is 9.48. The van der Waals surface area contributed by atoms with Crippen molar-refractivity contribution >= 4 is 11.9 Å². The maximum atomic E-state index is 11.9. The van der Waals surface area contributed by atoms with Gasteiger partial charge >= 0.3 is 6.09 Å². The van der Waals surface area contributed by atoms with Gasteiger partial charge in [0.1, 0.15) is 12.7 Å². The molecule has 1 aliphatic rings. The molecule has 5 nitrogen and oxygen atoms in total. The third kappa shape index (κ3) is 3.54. The topological polar surface area (TPSA) is 55.8 Å². The molecule has 1 saturated heterocycles. The first-order valence-corrected chi connectivity index (χ1v) is 6.22. The maximum absolute atomic E-state index is 11.9. The van der Waals surface area contributed by atoms with Crippen LogP contribution < -0.4 is 0 Å². The molecule has 0 N–H and O–H groups in total. The first kappa shape index (κ1) is 13.5. The fourth-order valence-corrected chi connectivity index (χ4v) is 1.98. The van der Waals surface area contributed by atoms with Crippen LogP contribution in [0.1, 0.15) is 12.0 Å². The number of ketones is 1. The number of methoxy groups -OCH3 is 1. The van der Waals surface area contributed by atoms with E-state index in [4.69, 9.17) is 9.47 Å². The highest BCUT2D eigenvalue weighted by Gasteiger charge is 2.30. The van der Waals surface area contributed by atoms with Crippen LogP contribution in [0.4, 0.5) is 4.79 Å². The number of hydrogen-bond donors (Lipinski definition) is 0. The number of carbonyl (C=O) groups excluding carboxylic acids is 2. The molecule has 1 aromatic rings. The van der Waals surface area contributed by atoms with Gasteiger partial charge in [0.15, 0.2) is 5.78 Å². The van der Waals surface area contributed by atoms with Crippen LogP contribution in [-0.4, -0.2) is 43.1 Å². The summed E-state index contributed by atoms with van der Waals surface area (Å²) < 4.78 is 10.3. The van der Waals surface area contributed by atoms with Crippen molar-refractivity contribution in [1.82, 2.24) is 4.90 Å². The van der Waals surface area contributed by atoms with Crippen molar-refractivity contribution < 1.29 is 19.1 Å². The number of amides is 1. The standard InChI is InChI=1S/C14H17NO4/c1-18-13-9-15(8-7-12(13)16)14(17)19-10-11-5-3-2-4-6-11/h2-6,13H,7-10H2,1H3/t13-/m0/s1. The minimum atomic E-state index is -0.530. The second-order valence-electron chi connectivity index (χ2n) is 4.43. The van der Waals surface area contributed by atoms with Gasteiger partial charge in [-0.25, -0.2) is 4.79 Å². The second-order valence-corrected chi connectivity index (χ2v) is 4.43. The molecule has 0 aliphatic carbocycles. The van der Waals surface area contributed by atoms with E-state index in [1.54, 1.807) is 0 Å². The highest BCUT2D eigenvalue weighted by molar-refractivity contribution is 5.85. The third-order valence-corrected chi connectivity index (χ3v) is 3.12. The van der Waals surface area contributed by atoms with Gasteiger partial charge in [-0.05, 0) is 5.56 Å². The summed E-state index contributed by atoms with van der Waals surface area (Å²) >= 11 is 0. The number of hydrogen-bond acceptors (Lipinski definition) is 4. The average molecular weight is 263 g/mol. The largest absolute Gasteiger partial charge is 0.445 e. The summed E-state index contributed by atoms with van der Waals surface area (Å²) in [4.78, 5) is 24.9. The zero-order valence-corrected chi connectivity index (χ0v) is 10.9. The third-order valence-electron chi connectivity index (χ3n) is 3.12. The van der Waals surface area contributed by atoms with Crippen LogP contribution in [0.15, 0.2) is 30.3 Å². The molecule has 19 heavy (non-hydrogen) atoms. The zero-order chi connectivity index (χ0) is 13.7. The lowest BCUT2D eigenvalue weighted by molar-refractivity contribution is -0.132. The summed E-state index contributed by atoms with van der Waals surface area (Å²) in [6.07, 6.45) is -0.615. The number of rotatable bonds is 3. The van der Waals surface area contributed by atoms with Crippen LogP contribution in [0.25, 0.3) is 0 Å². The highest BCUT2D eigenvalue weighted by Crippen LogP contribution is 2.11. The van der Waals surface area contributed by atoms with Gasteiger partial charge in [0, 0.05) is 20.1 Å². The Kier molecular flexibility index (Phi) is 4.52. The Labute approximate surface area is 112 Å². The van der Waals surface area contributed by atoms with E-state index in [0.717, 1.165) is 5.56 Å². The van der Waals surface area contributed by atoms with E-state index in [2.05, 4.69) is 0 Å². The highest BCUT2D eigenvalue weighted by atomic mass is 16.6. The van der Waals surface area contributed by atoms with E-state index in [1.165, 1.54) is 12.0 Å². The normalized spacial score (nSPS) is 19.3. The molecule has 2 rings (SSSR count). The summed E-state index contributed by atoms with van der Waals surface area (Å²) in [7, 11) is 1.47. The number of benzene rings is 1. The average Bonchev–Trinajstić information content (AvgIpc) is 2.46. The fourth-order valence-electron chi connectivity index (χ4n) is 1.98. The van der Waals surface area contributed by atoms with Crippen LogP contribution in [0.5, 0.6) is 0 Å². The summed E-state index contributed by atoms with van der Waals surface area (Å²) in [6.45, 7) is 0.900. The lowest BCUT2D eigenvalue weighted by atomic mass is 10.1. The minimum Gasteiger partial charge on any atom is -0.445 e. The van der Waals surface area contributed by atoms with Crippen molar-refractivity contribution in [3.05, 3.63) is 35.9 Å². The Morgan fingerprint density at radius 3 is 2.79 bits per heavy atom. The summed E-state index contributed by atoms with van der Waals surface area (Å²) in [5, 5.41) is 0. The minimum absolute atomic E-state index is 0.0367. The zero-order valence-electron chi connectivity index (χ0n) is 10.9. The molecular formula is C14H17NO4. The van der Waals surface area contributed by atoms with Crippen molar-refractivity contribution in [2.45, 2.75) is 19.1 Å². The Hall–Kier alpha value is -1.88. The molecule has 1 atom stereocenters. The van der Waals surface area contributed by atoms with Gasteiger partial charge in [-0.15, -0.1) is 0 Å². The summed E-state index contributed by atoms with van der Waals surface area (Å²) in [5.74, 6) is 0.0367. The Bertz CT molecular complexity index is 446. The molecule has 0 unspecified atom stereocenters. The predicted octanol–water partition coefficient (Wildman–Crippen LogP) is 1.61. The summed E-state index contributed by atoms with van der Waals surface area (Å²) in [5.41, 5.74) is 0.937. The van der Waals surface area contributed by atoms with Crippen molar-refractivity contribution in [2.24, 2.45) is 0 Å². The van der Waals surface area contributed by atoms with Crippen molar-refractivity contribution in [3.8, 4) is 0 Å². The van der Waals surface area contributed by atoms with Crippen molar-refractivity contribution in [1.29, 1.82) is 0 Å². The maximum Gasteiger partial charge on any atom is 0.410 e. The molecular weight excluding hydrogens is 246 g/mol. The molecule has 1 aliphatic heterocycles. The number of nitrogens with zero attached hydrogens (tertiary/aromatic N) is 1. The molecule has 0 radical (unpaired) electrons. The molecule has 102 valence electrons. The lowest BCUT2D eigenvalue weighted by Gasteiger charge is -2.30. The molecule has 0 aromatic heterocycles. The van der Waals surface area contributed by atoms with E-state index in [9.17, 15) is 9.59 Å². The van der Waals surface area contributed by atoms with Gasteiger partial charge in [-0.1, -0.05) is 30.3 Å². The van der Waals surface area contributed by atoms with Gasteiger partial charge in [-0.2, -0.15) is 0 Å². The SMILES string of the molecule is CO[C@H]1CN(C(=O)OCc2ccccc2)CCC1=O. The van der Waals surface area contributed by atoms with Crippen LogP contribution in [-0.2, 0) is 20.9 Å². The van der Waals surface area contributed by atoms with Gasteiger partial charge in [0.2, 0.25) is 0 Å². The molecule has 0 saturated carbocycles. The molecule has 1 fully saturated rings. The van der Waals surface area contributed by atoms with E-state index >= 15 is 0 Å². The van der Waals surface area contributed by atoms with Crippen LogP contribution >= 0.6 is 0 Å². The second kappa shape index (κ2) is 6.33. The Balaban J connectivity index is 1.85. The number of carbonyl (C=O) groups is 2. The van der Waals surface area contributed by atoms with Crippen molar-refractivity contribution in [3.63, 3.8) is 0 Å². The van der Waals surface area contributed by atoms with Gasteiger partial charge in [-0.3, -0.25) is 4.79 Å². The smallest absolute Gasteiger partial charge is 0.410 e. The van der Waals surface area contributed by atoms with Crippen molar-refractivity contribution in [2.75, 3.05) is 20.2 Å². The quantitative estimate of drug-likeness (QED) is 0.831. The first-order valence-electron chi connectivity index (χ1n) is 6.22. The molecule has 1 amide bonds. The van der Waals surface area contributed by atoms with Crippen LogP contribution in [0.2, 0.25) is 0 Å². The molecule has 1 heterocycles. The van der Waals surface area contributed by atoms with Crippen LogP contribution in [0, 0.1) is 0 Å². The van der Waals surface area contributed by atoms with Crippen LogP contribution in [0.3, 0.4) is 0 Å². The fraction of sp³-hybridized carbons (Fsp3) is 0.429. The molecule has 1 aromatic carbocycles. The molecule has 0 spiro atoms. The predicted molar refractivity (Wildman–Crippen MR) is 68.6 cm³/mol. The molecule has 5 heteroatoms. The van der Waals surface area contributed by atoms with E-state index in [1.807, 2.05) is 30.3 Å². The lowest BCUT2D eigenvalue weighted by Crippen LogP contribution is -2.47.